The highest BCUT2D eigenvalue weighted by molar-refractivity contribution is 5.80. The summed E-state index contributed by atoms with van der Waals surface area (Å²) in [6.45, 7) is 0.636. The number of hydrogen-bond donors (Lipinski definition) is 2. The van der Waals surface area contributed by atoms with E-state index in [1.165, 1.54) is 6.07 Å². The van der Waals surface area contributed by atoms with Crippen LogP contribution < -0.4 is 10.6 Å². The Kier molecular flexibility index (Phi) is 5.12. The van der Waals surface area contributed by atoms with Crippen molar-refractivity contribution in [3.63, 3.8) is 0 Å². The van der Waals surface area contributed by atoms with Gasteiger partial charge in [0.2, 0.25) is 5.91 Å². The maximum absolute atomic E-state index is 13.4. The van der Waals surface area contributed by atoms with E-state index in [4.69, 9.17) is 0 Å². The first-order valence-electron chi connectivity index (χ1n) is 6.55. The molecule has 2 aromatic carbocycles. The number of carbonyl (C=O) groups is 1. The van der Waals surface area contributed by atoms with Crippen molar-refractivity contribution in [2.75, 3.05) is 18.4 Å². The van der Waals surface area contributed by atoms with E-state index in [0.29, 0.717) is 18.5 Å². The van der Waals surface area contributed by atoms with Gasteiger partial charge in [0, 0.05) is 12.2 Å². The third-order valence-electron chi connectivity index (χ3n) is 2.90. The summed E-state index contributed by atoms with van der Waals surface area (Å²) in [4.78, 5) is 11.6. The highest BCUT2D eigenvalue weighted by Gasteiger charge is 2.03. The fourth-order valence-electron chi connectivity index (χ4n) is 1.84. The van der Waals surface area contributed by atoms with Gasteiger partial charge in [-0.25, -0.2) is 4.39 Å². The average Bonchev–Trinajstić information content (AvgIpc) is 2.48. The number of amides is 1. The molecule has 0 radical (unpaired) electrons. The average molecular weight is 272 g/mol. The fourth-order valence-corrected chi connectivity index (χ4v) is 1.84. The van der Waals surface area contributed by atoms with Crippen molar-refractivity contribution in [2.45, 2.75) is 6.42 Å². The lowest BCUT2D eigenvalue weighted by molar-refractivity contribution is -0.119. The van der Waals surface area contributed by atoms with Gasteiger partial charge in [0.1, 0.15) is 5.82 Å². The van der Waals surface area contributed by atoms with Gasteiger partial charge >= 0.3 is 0 Å². The summed E-state index contributed by atoms with van der Waals surface area (Å²) >= 11 is 0. The first-order valence-corrected chi connectivity index (χ1v) is 6.55. The van der Waals surface area contributed by atoms with Crippen molar-refractivity contribution in [3.8, 4) is 0 Å². The van der Waals surface area contributed by atoms with Gasteiger partial charge in [-0.15, -0.1) is 0 Å². The Morgan fingerprint density at radius 1 is 1.00 bits per heavy atom. The predicted molar refractivity (Wildman–Crippen MR) is 78.0 cm³/mol. The molecule has 0 aromatic heterocycles. The molecular weight excluding hydrogens is 255 g/mol. The second-order valence-electron chi connectivity index (χ2n) is 4.41. The van der Waals surface area contributed by atoms with Crippen molar-refractivity contribution < 1.29 is 9.18 Å². The molecule has 0 bridgehead atoms. The van der Waals surface area contributed by atoms with E-state index in [1.807, 2.05) is 30.3 Å². The minimum Gasteiger partial charge on any atom is -0.376 e. The molecular formula is C16H17FN2O. The molecule has 20 heavy (non-hydrogen) atoms. The first-order chi connectivity index (χ1) is 9.75. The minimum atomic E-state index is -0.232. The summed E-state index contributed by atoms with van der Waals surface area (Å²) in [6.07, 6.45) is 0.490. The van der Waals surface area contributed by atoms with E-state index in [-0.39, 0.29) is 18.3 Å². The zero-order valence-corrected chi connectivity index (χ0v) is 11.1. The lowest BCUT2D eigenvalue weighted by Gasteiger charge is -2.08. The highest BCUT2D eigenvalue weighted by Crippen LogP contribution is 2.06. The maximum Gasteiger partial charge on any atom is 0.239 e. The molecule has 0 aliphatic carbocycles. The Hall–Kier alpha value is -2.36. The number of benzene rings is 2. The fraction of sp³-hybridized carbons (Fsp3) is 0.188. The lowest BCUT2D eigenvalue weighted by Crippen LogP contribution is -2.31. The molecule has 0 unspecified atom stereocenters. The Labute approximate surface area is 117 Å². The van der Waals surface area contributed by atoms with E-state index in [0.717, 1.165) is 5.69 Å². The van der Waals surface area contributed by atoms with E-state index >= 15 is 0 Å². The third-order valence-corrected chi connectivity index (χ3v) is 2.90. The van der Waals surface area contributed by atoms with Crippen molar-refractivity contribution in [1.29, 1.82) is 0 Å². The number of nitrogens with one attached hydrogen (secondary N) is 2. The molecule has 4 heteroatoms. The molecule has 2 rings (SSSR count). The third kappa shape index (κ3) is 4.39. The van der Waals surface area contributed by atoms with E-state index in [9.17, 15) is 9.18 Å². The number of carbonyl (C=O) groups excluding carboxylic acids is 1. The molecule has 2 N–H and O–H groups in total. The number of halogens is 1. The summed E-state index contributed by atoms with van der Waals surface area (Å²) < 4.78 is 13.4. The van der Waals surface area contributed by atoms with E-state index in [1.54, 1.807) is 18.2 Å². The molecule has 1 amide bonds. The van der Waals surface area contributed by atoms with Gasteiger partial charge < -0.3 is 10.6 Å². The molecule has 3 nitrogen and oxygen atoms in total. The predicted octanol–water partition coefficient (Wildman–Crippen LogP) is 2.60. The van der Waals surface area contributed by atoms with Gasteiger partial charge in [0.25, 0.3) is 0 Å². The van der Waals surface area contributed by atoms with Crippen molar-refractivity contribution in [2.24, 2.45) is 0 Å². The Morgan fingerprint density at radius 3 is 2.45 bits per heavy atom. The van der Waals surface area contributed by atoms with Crippen molar-refractivity contribution >= 4 is 11.6 Å². The highest BCUT2D eigenvalue weighted by atomic mass is 19.1. The second kappa shape index (κ2) is 7.28. The number of rotatable bonds is 6. The summed E-state index contributed by atoms with van der Waals surface area (Å²) in [5, 5.41) is 5.78. The van der Waals surface area contributed by atoms with Gasteiger partial charge in [-0.3, -0.25) is 4.79 Å². The molecule has 0 heterocycles. The van der Waals surface area contributed by atoms with Crippen LogP contribution in [0.4, 0.5) is 10.1 Å². The largest absolute Gasteiger partial charge is 0.376 e. The van der Waals surface area contributed by atoms with E-state index in [2.05, 4.69) is 10.6 Å². The number of anilines is 1. The summed E-state index contributed by atoms with van der Waals surface area (Å²) in [6, 6.07) is 16.1. The smallest absolute Gasteiger partial charge is 0.239 e. The van der Waals surface area contributed by atoms with Crippen LogP contribution in [0.3, 0.4) is 0 Å². The number of hydrogen-bond acceptors (Lipinski definition) is 2. The molecule has 104 valence electrons. The summed E-state index contributed by atoms with van der Waals surface area (Å²) in [5.74, 6) is -0.339. The molecule has 0 spiro atoms. The minimum absolute atomic E-state index is 0.106. The monoisotopic (exact) mass is 272 g/mol. The van der Waals surface area contributed by atoms with Crippen LogP contribution in [0.15, 0.2) is 54.6 Å². The maximum atomic E-state index is 13.4. The van der Waals surface area contributed by atoms with Crippen LogP contribution in [0.2, 0.25) is 0 Å². The van der Waals surface area contributed by atoms with E-state index < -0.39 is 0 Å². The van der Waals surface area contributed by atoms with Crippen molar-refractivity contribution in [1.82, 2.24) is 5.32 Å². The standard InChI is InChI=1S/C16H17FN2O/c17-15-9-5-4-6-13(15)10-11-18-16(20)12-19-14-7-2-1-3-8-14/h1-9,19H,10-12H2,(H,18,20). The first kappa shape index (κ1) is 14.1. The molecule has 0 saturated carbocycles. The van der Waals surface area contributed by atoms with Crippen LogP contribution >= 0.6 is 0 Å². The summed E-state index contributed by atoms with van der Waals surface area (Å²) in [5.41, 5.74) is 1.51. The number of para-hydroxylation sites is 1. The molecule has 0 saturated heterocycles. The quantitative estimate of drug-likeness (QED) is 0.848. The van der Waals surface area contributed by atoms with Crippen LogP contribution in [0.5, 0.6) is 0 Å². The van der Waals surface area contributed by atoms with Gasteiger partial charge in [-0.1, -0.05) is 36.4 Å². The Balaban J connectivity index is 1.69. The van der Waals surface area contributed by atoms with Gasteiger partial charge in [0.15, 0.2) is 0 Å². The Morgan fingerprint density at radius 2 is 1.70 bits per heavy atom. The molecule has 2 aromatic rings. The normalized spacial score (nSPS) is 10.1. The zero-order valence-electron chi connectivity index (χ0n) is 11.1. The SMILES string of the molecule is O=C(CNc1ccccc1)NCCc1ccccc1F. The van der Waals surface area contributed by atoms with Crippen LogP contribution in [0, 0.1) is 5.82 Å². The topological polar surface area (TPSA) is 41.1 Å². The van der Waals surface area contributed by atoms with Crippen LogP contribution in [0.1, 0.15) is 5.56 Å². The molecule has 0 atom stereocenters. The second-order valence-corrected chi connectivity index (χ2v) is 4.41. The lowest BCUT2D eigenvalue weighted by atomic mass is 10.1. The summed E-state index contributed by atoms with van der Waals surface area (Å²) in [7, 11) is 0. The zero-order chi connectivity index (χ0) is 14.2. The van der Waals surface area contributed by atoms with Crippen LogP contribution in [-0.4, -0.2) is 19.0 Å². The van der Waals surface area contributed by atoms with Gasteiger partial charge in [0.05, 0.1) is 6.54 Å². The van der Waals surface area contributed by atoms with Crippen molar-refractivity contribution in [3.05, 3.63) is 66.0 Å². The molecule has 0 fully saturated rings. The molecule has 0 aliphatic heterocycles. The Bertz CT molecular complexity index is 557. The van der Waals surface area contributed by atoms with Crippen LogP contribution in [0.25, 0.3) is 0 Å². The van der Waals surface area contributed by atoms with Gasteiger partial charge in [-0.05, 0) is 30.2 Å². The molecule has 0 aliphatic rings. The van der Waals surface area contributed by atoms with Gasteiger partial charge in [-0.2, -0.15) is 0 Å². The van der Waals surface area contributed by atoms with Crippen LogP contribution in [-0.2, 0) is 11.2 Å².